The van der Waals surface area contributed by atoms with Crippen LogP contribution in [0.1, 0.15) is 31.1 Å². The monoisotopic (exact) mass is 390 g/mol. The molecule has 0 atom stereocenters. The van der Waals surface area contributed by atoms with Crippen molar-refractivity contribution in [2.24, 2.45) is 0 Å². The number of carbonyl (C=O) groups excluding carboxylic acids is 1. The average Bonchev–Trinajstić information content (AvgIpc) is 2.72. The lowest BCUT2D eigenvalue weighted by molar-refractivity contribution is 0.112. The van der Waals surface area contributed by atoms with Crippen LogP contribution in [-0.2, 0) is 0 Å². The van der Waals surface area contributed by atoms with E-state index < -0.39 is 8.32 Å². The van der Waals surface area contributed by atoms with E-state index in [-0.39, 0.29) is 5.04 Å². The summed E-state index contributed by atoms with van der Waals surface area (Å²) in [6.45, 7) is 6.65. The molecular weight excluding hydrogens is 364 g/mol. The van der Waals surface area contributed by atoms with E-state index in [9.17, 15) is 4.79 Å². The minimum Gasteiger partial charge on any atom is -0.531 e. The van der Waals surface area contributed by atoms with Crippen molar-refractivity contribution in [2.45, 2.75) is 25.8 Å². The Labute approximate surface area is 168 Å². The van der Waals surface area contributed by atoms with Gasteiger partial charge in [0.2, 0.25) is 0 Å². The molecule has 0 bridgehead atoms. The smallest absolute Gasteiger partial charge is 0.320 e. The molecule has 0 saturated carbocycles. The zero-order valence-electron chi connectivity index (χ0n) is 16.8. The van der Waals surface area contributed by atoms with Crippen LogP contribution < -0.4 is 19.5 Å². The van der Waals surface area contributed by atoms with E-state index in [2.05, 4.69) is 45.0 Å². The fourth-order valence-electron chi connectivity index (χ4n) is 3.66. The Hall–Kier alpha value is -2.85. The number of ether oxygens (including phenoxy) is 1. The van der Waals surface area contributed by atoms with Gasteiger partial charge in [0.15, 0.2) is 5.75 Å². The van der Waals surface area contributed by atoms with Crippen molar-refractivity contribution < 1.29 is 14.0 Å². The molecule has 0 fully saturated rings. The van der Waals surface area contributed by atoms with Gasteiger partial charge in [-0.3, -0.25) is 4.79 Å². The summed E-state index contributed by atoms with van der Waals surface area (Å²) < 4.78 is 12.5. The molecule has 4 heteroatoms. The van der Waals surface area contributed by atoms with Crippen LogP contribution in [0.4, 0.5) is 0 Å². The summed E-state index contributed by atoms with van der Waals surface area (Å²) in [7, 11) is -1.15. The van der Waals surface area contributed by atoms with Crippen LogP contribution in [0, 0.1) is 0 Å². The standard InChI is InChI=1S/C24H26O3Si/c1-24(2,3)28(20-11-7-5-8-12-20,21-13-9-6-10-14-21)27-23-17-19(18-25)15-16-22(23)26-4/h5-18H,1-4H3. The summed E-state index contributed by atoms with van der Waals surface area (Å²) in [5, 5.41) is 2.18. The van der Waals surface area contributed by atoms with Gasteiger partial charge in [-0.2, -0.15) is 0 Å². The highest BCUT2D eigenvalue weighted by Crippen LogP contribution is 2.40. The van der Waals surface area contributed by atoms with Crippen LogP contribution in [0.2, 0.25) is 5.04 Å². The van der Waals surface area contributed by atoms with E-state index in [4.69, 9.17) is 9.16 Å². The third-order valence-electron chi connectivity index (χ3n) is 5.00. The molecule has 3 rings (SSSR count). The van der Waals surface area contributed by atoms with Gasteiger partial charge in [0.1, 0.15) is 12.0 Å². The predicted octanol–water partition coefficient (Wildman–Crippen LogP) is 4.45. The summed E-state index contributed by atoms with van der Waals surface area (Å²) in [5.41, 5.74) is 0.564. The predicted molar refractivity (Wildman–Crippen MR) is 117 cm³/mol. The first kappa shape index (κ1) is 19.9. The molecule has 0 unspecified atom stereocenters. The van der Waals surface area contributed by atoms with Crippen LogP contribution in [0.3, 0.4) is 0 Å². The van der Waals surface area contributed by atoms with E-state index in [1.807, 2.05) is 36.4 Å². The Bertz CT molecular complexity index is 892. The van der Waals surface area contributed by atoms with E-state index in [1.54, 1.807) is 25.3 Å². The minimum absolute atomic E-state index is 0.169. The Morgan fingerprint density at radius 3 is 1.75 bits per heavy atom. The number of methoxy groups -OCH3 is 1. The molecule has 0 aliphatic carbocycles. The van der Waals surface area contributed by atoms with Gasteiger partial charge in [-0.05, 0) is 33.6 Å². The van der Waals surface area contributed by atoms with E-state index in [0.717, 1.165) is 6.29 Å². The van der Waals surface area contributed by atoms with Crippen molar-refractivity contribution in [3.05, 3.63) is 84.4 Å². The largest absolute Gasteiger partial charge is 0.531 e. The van der Waals surface area contributed by atoms with Gasteiger partial charge >= 0.3 is 8.32 Å². The summed E-state index contributed by atoms with van der Waals surface area (Å²) in [6, 6.07) is 26.1. The maximum absolute atomic E-state index is 11.4. The Kier molecular flexibility index (Phi) is 5.70. The van der Waals surface area contributed by atoms with Crippen LogP contribution in [0.5, 0.6) is 11.5 Å². The highest BCUT2D eigenvalue weighted by atomic mass is 28.4. The minimum atomic E-state index is -2.77. The number of benzene rings is 3. The second kappa shape index (κ2) is 8.03. The van der Waals surface area contributed by atoms with Crippen LogP contribution in [0.15, 0.2) is 78.9 Å². The summed E-state index contributed by atoms with van der Waals surface area (Å²) >= 11 is 0. The van der Waals surface area contributed by atoms with Gasteiger partial charge in [-0.15, -0.1) is 0 Å². The van der Waals surface area contributed by atoms with Gasteiger partial charge in [-0.25, -0.2) is 0 Å². The first-order chi connectivity index (χ1) is 13.4. The summed E-state index contributed by atoms with van der Waals surface area (Å²) in [6.07, 6.45) is 0.831. The average molecular weight is 391 g/mol. The lowest BCUT2D eigenvalue weighted by Gasteiger charge is -2.43. The molecular formula is C24H26O3Si. The van der Waals surface area contributed by atoms with Gasteiger partial charge in [-0.1, -0.05) is 81.4 Å². The third kappa shape index (κ3) is 3.60. The van der Waals surface area contributed by atoms with Gasteiger partial charge in [0, 0.05) is 5.56 Å². The number of rotatable bonds is 6. The molecule has 0 aromatic heterocycles. The van der Waals surface area contributed by atoms with E-state index >= 15 is 0 Å². The Balaban J connectivity index is 2.30. The fraction of sp³-hybridized carbons (Fsp3) is 0.208. The number of carbonyl (C=O) groups is 1. The third-order valence-corrected chi connectivity index (χ3v) is 9.93. The molecule has 0 saturated heterocycles. The highest BCUT2D eigenvalue weighted by molar-refractivity contribution is 7.00. The van der Waals surface area contributed by atoms with E-state index in [0.29, 0.717) is 17.1 Å². The number of aldehydes is 1. The molecule has 3 aromatic rings. The lowest BCUT2D eigenvalue weighted by Crippen LogP contribution is -2.68. The summed E-state index contributed by atoms with van der Waals surface area (Å²) in [5.74, 6) is 1.22. The van der Waals surface area contributed by atoms with Crippen molar-refractivity contribution in [2.75, 3.05) is 7.11 Å². The Morgan fingerprint density at radius 1 is 0.786 bits per heavy atom. The lowest BCUT2D eigenvalue weighted by atomic mass is 10.2. The van der Waals surface area contributed by atoms with Crippen molar-refractivity contribution in [3.8, 4) is 11.5 Å². The van der Waals surface area contributed by atoms with Gasteiger partial charge < -0.3 is 9.16 Å². The SMILES string of the molecule is COc1ccc(C=O)cc1O[Si](c1ccccc1)(c1ccccc1)C(C)(C)C. The molecule has 0 aliphatic heterocycles. The second-order valence-corrected chi connectivity index (χ2v) is 12.0. The maximum atomic E-state index is 11.4. The van der Waals surface area contributed by atoms with Crippen molar-refractivity contribution in [1.29, 1.82) is 0 Å². The van der Waals surface area contributed by atoms with Gasteiger partial charge in [0.05, 0.1) is 7.11 Å². The maximum Gasteiger partial charge on any atom is 0.320 e. The summed E-state index contributed by atoms with van der Waals surface area (Å²) in [4.78, 5) is 11.4. The van der Waals surface area contributed by atoms with Crippen LogP contribution in [0.25, 0.3) is 0 Å². The first-order valence-corrected chi connectivity index (χ1v) is 11.3. The Morgan fingerprint density at radius 2 is 1.32 bits per heavy atom. The molecule has 3 aromatic carbocycles. The molecule has 3 nitrogen and oxygen atoms in total. The molecule has 0 radical (unpaired) electrons. The van der Waals surface area contributed by atoms with Crippen molar-refractivity contribution in [3.63, 3.8) is 0 Å². The van der Waals surface area contributed by atoms with Gasteiger partial charge in [0.25, 0.3) is 0 Å². The van der Waals surface area contributed by atoms with Crippen LogP contribution in [-0.4, -0.2) is 21.7 Å². The molecule has 0 spiro atoms. The molecule has 28 heavy (non-hydrogen) atoms. The fourth-order valence-corrected chi connectivity index (χ4v) is 8.08. The molecule has 0 heterocycles. The first-order valence-electron chi connectivity index (χ1n) is 9.35. The molecule has 0 N–H and O–H groups in total. The van der Waals surface area contributed by atoms with Crippen molar-refractivity contribution >= 4 is 25.0 Å². The van der Waals surface area contributed by atoms with Crippen molar-refractivity contribution in [1.82, 2.24) is 0 Å². The number of hydrogen-bond acceptors (Lipinski definition) is 3. The highest BCUT2D eigenvalue weighted by Gasteiger charge is 2.52. The molecule has 144 valence electrons. The quantitative estimate of drug-likeness (QED) is 0.461. The topological polar surface area (TPSA) is 35.5 Å². The van der Waals surface area contributed by atoms with E-state index in [1.165, 1.54) is 10.4 Å². The van der Waals surface area contributed by atoms with Crippen LogP contribution >= 0.6 is 0 Å². The second-order valence-electron chi connectivity index (χ2n) is 7.79. The molecule has 0 amide bonds. The molecule has 0 aliphatic rings. The number of hydrogen-bond donors (Lipinski definition) is 0. The normalized spacial score (nSPS) is 11.7. The zero-order chi connectivity index (χ0) is 20.2. The zero-order valence-corrected chi connectivity index (χ0v) is 17.8.